The predicted octanol–water partition coefficient (Wildman–Crippen LogP) is 2.68. The fraction of sp³-hybridized carbons (Fsp3) is 0.562. The van der Waals surface area contributed by atoms with Crippen molar-refractivity contribution in [1.82, 2.24) is 10.0 Å². The number of methoxy groups -OCH3 is 1. The molecule has 24 heavy (non-hydrogen) atoms. The van der Waals surface area contributed by atoms with Crippen LogP contribution in [0.1, 0.15) is 43.0 Å². The molecular weight excluding hydrogens is 396 g/mol. The Labute approximate surface area is 152 Å². The first-order valence-corrected chi connectivity index (χ1v) is 10.3. The Bertz CT molecular complexity index is 635. The Hall–Kier alpha value is -0.960. The van der Waals surface area contributed by atoms with Gasteiger partial charge in [-0.2, -0.15) is 0 Å². The molecule has 0 fully saturated rings. The number of halogens is 1. The van der Waals surface area contributed by atoms with Crippen LogP contribution in [0.5, 0.6) is 0 Å². The lowest BCUT2D eigenvalue weighted by Crippen LogP contribution is -2.28. The number of unbranched alkanes of at least 4 members (excludes halogenated alkanes) is 3. The van der Waals surface area contributed by atoms with E-state index in [9.17, 15) is 13.2 Å². The first kappa shape index (κ1) is 21.1. The summed E-state index contributed by atoms with van der Waals surface area (Å²) in [7, 11) is -2.17. The minimum absolute atomic E-state index is 0.0536. The number of benzene rings is 1. The van der Waals surface area contributed by atoms with Gasteiger partial charge in [0.05, 0.1) is 17.1 Å². The molecule has 136 valence electrons. The third kappa shape index (κ3) is 6.88. The van der Waals surface area contributed by atoms with Crippen LogP contribution in [-0.4, -0.2) is 41.1 Å². The van der Waals surface area contributed by atoms with Gasteiger partial charge in [-0.15, -0.1) is 0 Å². The summed E-state index contributed by atoms with van der Waals surface area (Å²) in [6.45, 7) is 3.16. The number of amides is 1. The summed E-state index contributed by atoms with van der Waals surface area (Å²) in [4.78, 5) is 12.3. The topological polar surface area (TPSA) is 84.5 Å². The van der Waals surface area contributed by atoms with Crippen LogP contribution in [0.4, 0.5) is 0 Å². The van der Waals surface area contributed by atoms with Crippen LogP contribution < -0.4 is 10.0 Å². The molecule has 1 rings (SSSR count). The van der Waals surface area contributed by atoms with Crippen LogP contribution in [0.3, 0.4) is 0 Å². The third-order valence-corrected chi connectivity index (χ3v) is 5.56. The maximum atomic E-state index is 12.3. The Balaban J connectivity index is 2.76. The van der Waals surface area contributed by atoms with E-state index in [1.807, 2.05) is 0 Å². The Morgan fingerprint density at radius 3 is 2.62 bits per heavy atom. The van der Waals surface area contributed by atoms with Gasteiger partial charge < -0.3 is 10.1 Å². The summed E-state index contributed by atoms with van der Waals surface area (Å²) in [5.74, 6) is -0.285. The molecule has 0 spiro atoms. The van der Waals surface area contributed by atoms with Gasteiger partial charge in [-0.25, -0.2) is 13.1 Å². The fourth-order valence-corrected chi connectivity index (χ4v) is 3.52. The lowest BCUT2D eigenvalue weighted by Gasteiger charge is -2.10. The zero-order chi connectivity index (χ0) is 18.0. The second-order valence-corrected chi connectivity index (χ2v) is 7.97. The number of ether oxygens (including phenoxy) is 1. The number of carbonyl (C=O) groups excluding carboxylic acids is 1. The molecule has 0 atom stereocenters. The predicted molar refractivity (Wildman–Crippen MR) is 97.7 cm³/mol. The highest BCUT2D eigenvalue weighted by Crippen LogP contribution is 2.21. The van der Waals surface area contributed by atoms with Crippen molar-refractivity contribution >= 4 is 31.9 Å². The fourth-order valence-electron chi connectivity index (χ4n) is 2.06. The van der Waals surface area contributed by atoms with Gasteiger partial charge in [-0.05, 0) is 40.5 Å². The minimum atomic E-state index is -3.67. The molecule has 0 saturated heterocycles. The quantitative estimate of drug-likeness (QED) is 0.538. The van der Waals surface area contributed by atoms with Crippen molar-refractivity contribution in [2.24, 2.45) is 0 Å². The van der Waals surface area contributed by atoms with Gasteiger partial charge in [-0.3, -0.25) is 4.79 Å². The minimum Gasteiger partial charge on any atom is -0.383 e. The van der Waals surface area contributed by atoms with Crippen molar-refractivity contribution in [2.75, 3.05) is 26.8 Å². The molecule has 1 amide bonds. The van der Waals surface area contributed by atoms with Gasteiger partial charge in [0, 0.05) is 24.7 Å². The first-order chi connectivity index (χ1) is 11.4. The van der Waals surface area contributed by atoms with Crippen LogP contribution >= 0.6 is 15.9 Å². The molecule has 0 heterocycles. The number of rotatable bonds is 11. The number of carbonyl (C=O) groups is 1. The second kappa shape index (κ2) is 10.8. The number of sulfonamides is 1. The van der Waals surface area contributed by atoms with Crippen LogP contribution in [0.2, 0.25) is 0 Å². The molecule has 0 aromatic heterocycles. The number of nitrogens with one attached hydrogen (secondary N) is 2. The van der Waals surface area contributed by atoms with Crippen LogP contribution in [-0.2, 0) is 14.8 Å². The summed E-state index contributed by atoms with van der Waals surface area (Å²) in [6.07, 6.45) is 4.25. The van der Waals surface area contributed by atoms with E-state index in [2.05, 4.69) is 32.9 Å². The van der Waals surface area contributed by atoms with Crippen molar-refractivity contribution in [1.29, 1.82) is 0 Å². The molecule has 8 heteroatoms. The standard InChI is InChI=1S/C16H25BrN2O4S/c1-3-4-5-6-9-18-16(20)14-12-13(7-8-15(14)17)24(21,22)19-10-11-23-2/h7-8,12,19H,3-6,9-11H2,1-2H3,(H,18,20). The summed E-state index contributed by atoms with van der Waals surface area (Å²) in [6, 6.07) is 4.40. The lowest BCUT2D eigenvalue weighted by atomic mass is 10.2. The summed E-state index contributed by atoms with van der Waals surface area (Å²) < 4.78 is 32.2. The monoisotopic (exact) mass is 420 g/mol. The molecule has 6 nitrogen and oxygen atoms in total. The summed E-state index contributed by atoms with van der Waals surface area (Å²) >= 11 is 3.30. The molecule has 0 unspecified atom stereocenters. The van der Waals surface area contributed by atoms with Gasteiger partial charge in [0.25, 0.3) is 5.91 Å². The van der Waals surface area contributed by atoms with Crippen molar-refractivity contribution in [3.8, 4) is 0 Å². The van der Waals surface area contributed by atoms with Gasteiger partial charge >= 0.3 is 0 Å². The molecule has 0 bridgehead atoms. The van der Waals surface area contributed by atoms with Crippen LogP contribution in [0.25, 0.3) is 0 Å². The van der Waals surface area contributed by atoms with E-state index < -0.39 is 10.0 Å². The van der Waals surface area contributed by atoms with E-state index in [0.717, 1.165) is 25.7 Å². The van der Waals surface area contributed by atoms with E-state index in [4.69, 9.17) is 4.74 Å². The van der Waals surface area contributed by atoms with Crippen LogP contribution in [0, 0.1) is 0 Å². The smallest absolute Gasteiger partial charge is 0.252 e. The van der Waals surface area contributed by atoms with Crippen molar-refractivity contribution < 1.29 is 17.9 Å². The van der Waals surface area contributed by atoms with Crippen molar-refractivity contribution in [3.63, 3.8) is 0 Å². The van der Waals surface area contributed by atoms with Crippen molar-refractivity contribution in [2.45, 2.75) is 37.5 Å². The SMILES string of the molecule is CCCCCCNC(=O)c1cc(S(=O)(=O)NCCOC)ccc1Br. The molecular formula is C16H25BrN2O4S. The Morgan fingerprint density at radius 1 is 1.21 bits per heavy atom. The van der Waals surface area contributed by atoms with Gasteiger partial charge in [0.15, 0.2) is 0 Å². The molecule has 1 aromatic carbocycles. The van der Waals surface area contributed by atoms with Crippen LogP contribution in [0.15, 0.2) is 27.6 Å². The third-order valence-electron chi connectivity index (χ3n) is 3.41. The number of hydrogen-bond donors (Lipinski definition) is 2. The van der Waals surface area contributed by atoms with E-state index in [1.54, 1.807) is 6.07 Å². The van der Waals surface area contributed by atoms with Gasteiger partial charge in [-0.1, -0.05) is 26.2 Å². The summed E-state index contributed by atoms with van der Waals surface area (Å²) in [5, 5.41) is 2.83. The Morgan fingerprint density at radius 2 is 1.96 bits per heavy atom. The van der Waals surface area contributed by atoms with Gasteiger partial charge in [0.1, 0.15) is 0 Å². The second-order valence-electron chi connectivity index (χ2n) is 5.35. The van der Waals surface area contributed by atoms with E-state index >= 15 is 0 Å². The molecule has 0 aliphatic carbocycles. The lowest BCUT2D eigenvalue weighted by molar-refractivity contribution is 0.0952. The number of hydrogen-bond acceptors (Lipinski definition) is 4. The highest BCUT2D eigenvalue weighted by molar-refractivity contribution is 9.10. The van der Waals surface area contributed by atoms with E-state index in [1.165, 1.54) is 19.2 Å². The first-order valence-electron chi connectivity index (χ1n) is 7.98. The maximum Gasteiger partial charge on any atom is 0.252 e. The average Bonchev–Trinajstić information content (AvgIpc) is 2.54. The largest absolute Gasteiger partial charge is 0.383 e. The molecule has 0 aliphatic heterocycles. The zero-order valence-corrected chi connectivity index (χ0v) is 16.5. The van der Waals surface area contributed by atoms with Gasteiger partial charge in [0.2, 0.25) is 10.0 Å². The highest BCUT2D eigenvalue weighted by atomic mass is 79.9. The highest BCUT2D eigenvalue weighted by Gasteiger charge is 2.18. The molecule has 0 aliphatic rings. The molecule has 0 radical (unpaired) electrons. The molecule has 1 aromatic rings. The maximum absolute atomic E-state index is 12.3. The average molecular weight is 421 g/mol. The molecule has 0 saturated carbocycles. The summed E-state index contributed by atoms with van der Waals surface area (Å²) in [5.41, 5.74) is 0.306. The molecule has 2 N–H and O–H groups in total. The zero-order valence-electron chi connectivity index (χ0n) is 14.1. The van der Waals surface area contributed by atoms with E-state index in [0.29, 0.717) is 16.6 Å². The normalized spacial score (nSPS) is 11.5. The van der Waals surface area contributed by atoms with E-state index in [-0.39, 0.29) is 24.0 Å². The van der Waals surface area contributed by atoms with Crippen molar-refractivity contribution in [3.05, 3.63) is 28.2 Å². The Kier molecular flexibility index (Phi) is 9.50.